The molecule has 0 fully saturated rings. The second-order valence-electron chi connectivity index (χ2n) is 2.68. The van der Waals surface area contributed by atoms with E-state index in [2.05, 4.69) is 0 Å². The molecule has 1 atom stereocenters. The summed E-state index contributed by atoms with van der Waals surface area (Å²) in [5.41, 5.74) is 7.70. The maximum atomic E-state index is 9.26. The van der Waals surface area contributed by atoms with Crippen LogP contribution in [0.15, 0.2) is 30.0 Å². The van der Waals surface area contributed by atoms with Gasteiger partial charge < -0.3 is 12.3 Å². The largest absolute Gasteiger partial charge is 1.00 e. The molecule has 0 saturated carbocycles. The number of nitrogens with two attached hydrogens (primary N) is 1. The summed E-state index contributed by atoms with van der Waals surface area (Å²) in [6.45, 7) is 0. The number of fused-ring (bicyclic) bond motifs is 1. The smallest absolute Gasteiger partial charge is 1.00 e. The molecule has 2 rings (SSSR count). The third kappa shape index (κ3) is 1.43. The third-order valence-electron chi connectivity index (χ3n) is 1.95. The molecule has 0 heterocycles. The van der Waals surface area contributed by atoms with Gasteiger partial charge >= 0.3 is 29.6 Å². The van der Waals surface area contributed by atoms with Crippen LogP contribution in [-0.4, -0.2) is 5.11 Å². The molecule has 58 valence electrons. The minimum atomic E-state index is -0.314. The molecule has 1 aliphatic carbocycles. The minimum absolute atomic E-state index is 0. The van der Waals surface area contributed by atoms with Crippen LogP contribution in [0.1, 0.15) is 18.6 Å². The van der Waals surface area contributed by atoms with Crippen molar-refractivity contribution in [2.24, 2.45) is 5.73 Å². The fourth-order valence-electron chi connectivity index (χ4n) is 1.33. The van der Waals surface area contributed by atoms with Crippen molar-refractivity contribution in [2.45, 2.75) is 6.04 Å². The summed E-state index contributed by atoms with van der Waals surface area (Å²) in [5, 5.41) is 9.26. The molecule has 12 heavy (non-hydrogen) atoms. The van der Waals surface area contributed by atoms with Crippen molar-refractivity contribution in [1.82, 2.24) is 0 Å². The van der Waals surface area contributed by atoms with Crippen molar-refractivity contribution in [3.8, 4) is 0 Å². The topological polar surface area (TPSA) is 46.2 Å². The van der Waals surface area contributed by atoms with Gasteiger partial charge in [-0.2, -0.15) is 0 Å². The monoisotopic (exact) mass is 171 g/mol. The summed E-state index contributed by atoms with van der Waals surface area (Å²) in [5.74, 6) is 0.256. The molecule has 3 N–H and O–H groups in total. The Kier molecular flexibility index (Phi) is 2.96. The van der Waals surface area contributed by atoms with Gasteiger partial charge in [-0.25, -0.2) is 0 Å². The van der Waals surface area contributed by atoms with Crippen LogP contribution in [0.5, 0.6) is 0 Å². The first kappa shape index (κ1) is 9.81. The quantitative estimate of drug-likeness (QED) is 0.477. The Balaban J connectivity index is 0.000000720. The average Bonchev–Trinajstić information content (AvgIpc) is 2.30. The second-order valence-corrected chi connectivity index (χ2v) is 2.68. The van der Waals surface area contributed by atoms with Crippen LogP contribution in [0.3, 0.4) is 0 Å². The van der Waals surface area contributed by atoms with Crippen molar-refractivity contribution >= 4 is 6.08 Å². The van der Waals surface area contributed by atoms with Crippen molar-refractivity contribution < 1.29 is 36.1 Å². The fraction of sp³-hybridized carbons (Fsp3) is 0.111. The number of aliphatic hydroxyl groups excluding tert-OH is 1. The zero-order valence-corrected chi connectivity index (χ0v) is 8.99. The molecule has 0 saturated heterocycles. The van der Waals surface area contributed by atoms with Gasteiger partial charge in [0.15, 0.2) is 0 Å². The molecule has 0 spiro atoms. The first-order valence-electron chi connectivity index (χ1n) is 3.54. The first-order valence-corrected chi connectivity index (χ1v) is 3.54. The molecule has 0 aliphatic heterocycles. The van der Waals surface area contributed by atoms with Crippen LogP contribution in [0.4, 0.5) is 0 Å². The summed E-state index contributed by atoms with van der Waals surface area (Å²) in [7, 11) is 0. The molecular weight excluding hydrogens is 161 g/mol. The van der Waals surface area contributed by atoms with E-state index in [1.807, 2.05) is 24.3 Å². The van der Waals surface area contributed by atoms with Crippen molar-refractivity contribution in [3.63, 3.8) is 0 Å². The predicted octanol–water partition coefficient (Wildman–Crippen LogP) is -1.28. The Bertz CT molecular complexity index is 327. The molecule has 1 aliphatic rings. The van der Waals surface area contributed by atoms with Crippen molar-refractivity contribution in [1.29, 1.82) is 0 Å². The van der Waals surface area contributed by atoms with E-state index in [0.717, 1.165) is 11.1 Å². The van der Waals surface area contributed by atoms with E-state index in [0.29, 0.717) is 0 Å². The molecule has 2 nitrogen and oxygen atoms in total. The van der Waals surface area contributed by atoms with Gasteiger partial charge in [-0.1, -0.05) is 24.3 Å². The molecule has 0 radical (unpaired) electrons. The zero-order valence-electron chi connectivity index (χ0n) is 7.99. The number of hydrogen-bond acceptors (Lipinski definition) is 2. The van der Waals surface area contributed by atoms with Crippen LogP contribution < -0.4 is 35.3 Å². The van der Waals surface area contributed by atoms with Gasteiger partial charge in [-0.3, -0.25) is 0 Å². The summed E-state index contributed by atoms with van der Waals surface area (Å²) in [6, 6.07) is 7.41. The van der Waals surface area contributed by atoms with E-state index < -0.39 is 0 Å². The first-order chi connectivity index (χ1) is 5.29. The van der Waals surface area contributed by atoms with E-state index in [4.69, 9.17) is 5.73 Å². The Labute approximate surface area is 94.9 Å². The summed E-state index contributed by atoms with van der Waals surface area (Å²) < 4.78 is 0. The SMILES string of the molecule is N[C@H]1C(O)=Cc2ccccc21.[H-].[Na+]. The molecule has 0 unspecified atom stereocenters. The molecule has 1 aromatic carbocycles. The van der Waals surface area contributed by atoms with Crippen molar-refractivity contribution in [2.75, 3.05) is 0 Å². The van der Waals surface area contributed by atoms with E-state index in [1.165, 1.54) is 0 Å². The average molecular weight is 171 g/mol. The number of hydrogen-bond donors (Lipinski definition) is 2. The standard InChI is InChI=1S/C9H9NO.Na.H/c10-9-7-4-2-1-3-6(7)5-8(9)11;;/h1-5,9,11H,10H2;;/q;+1;-1/t9-;;/m1../s1. The van der Waals surface area contributed by atoms with E-state index in [9.17, 15) is 5.11 Å². The maximum Gasteiger partial charge on any atom is 1.00 e. The summed E-state index contributed by atoms with van der Waals surface area (Å²) >= 11 is 0. The van der Waals surface area contributed by atoms with E-state index in [-0.39, 0.29) is 42.8 Å². The van der Waals surface area contributed by atoms with Gasteiger partial charge in [0, 0.05) is 0 Å². The predicted molar refractivity (Wildman–Crippen MR) is 45.1 cm³/mol. The Morgan fingerprint density at radius 1 is 1.33 bits per heavy atom. The normalized spacial score (nSPS) is 19.4. The second kappa shape index (κ2) is 3.62. The molecule has 0 amide bonds. The number of aliphatic hydroxyl groups is 1. The van der Waals surface area contributed by atoms with Crippen LogP contribution in [0.2, 0.25) is 0 Å². The summed E-state index contributed by atoms with van der Waals surface area (Å²) in [4.78, 5) is 0. The molecule has 1 aromatic rings. The Morgan fingerprint density at radius 3 is 2.67 bits per heavy atom. The van der Waals surface area contributed by atoms with Gasteiger partial charge in [0.1, 0.15) is 5.76 Å². The molecule has 0 aromatic heterocycles. The Hall–Kier alpha value is -0.280. The zero-order chi connectivity index (χ0) is 7.84. The van der Waals surface area contributed by atoms with Crippen LogP contribution >= 0.6 is 0 Å². The number of rotatable bonds is 0. The van der Waals surface area contributed by atoms with Gasteiger partial charge in [-0.05, 0) is 17.2 Å². The fourth-order valence-corrected chi connectivity index (χ4v) is 1.33. The van der Waals surface area contributed by atoms with E-state index >= 15 is 0 Å². The van der Waals surface area contributed by atoms with Crippen LogP contribution in [0, 0.1) is 0 Å². The van der Waals surface area contributed by atoms with E-state index in [1.54, 1.807) is 6.08 Å². The molecule has 0 bridgehead atoms. The minimum Gasteiger partial charge on any atom is -1.00 e. The van der Waals surface area contributed by atoms with Crippen molar-refractivity contribution in [3.05, 3.63) is 41.2 Å². The van der Waals surface area contributed by atoms with Gasteiger partial charge in [0.05, 0.1) is 6.04 Å². The third-order valence-corrected chi connectivity index (χ3v) is 1.95. The van der Waals surface area contributed by atoms with Crippen LogP contribution in [0.25, 0.3) is 6.08 Å². The van der Waals surface area contributed by atoms with Gasteiger partial charge in [0.25, 0.3) is 0 Å². The van der Waals surface area contributed by atoms with Gasteiger partial charge in [0.2, 0.25) is 0 Å². The Morgan fingerprint density at radius 2 is 2.00 bits per heavy atom. The van der Waals surface area contributed by atoms with Crippen LogP contribution in [-0.2, 0) is 0 Å². The molecular formula is C9H10NNaO. The molecule has 3 heteroatoms. The maximum absolute atomic E-state index is 9.26. The van der Waals surface area contributed by atoms with Gasteiger partial charge in [-0.15, -0.1) is 0 Å². The summed E-state index contributed by atoms with van der Waals surface area (Å²) in [6.07, 6.45) is 1.71. The number of benzene rings is 1.